The van der Waals surface area contributed by atoms with Gasteiger partial charge < -0.3 is 14.7 Å². The molecule has 170 valence electrons. The van der Waals surface area contributed by atoms with Gasteiger partial charge in [0.05, 0.1) is 6.61 Å². The van der Waals surface area contributed by atoms with Gasteiger partial charge >= 0.3 is 0 Å². The van der Waals surface area contributed by atoms with E-state index in [0.29, 0.717) is 11.6 Å². The third-order valence-electron chi connectivity index (χ3n) is 5.76. The Kier molecular flexibility index (Phi) is 10.4. The smallest absolute Gasteiger partial charge is 0.232 e. The summed E-state index contributed by atoms with van der Waals surface area (Å²) in [6, 6.07) is 5.98. The topological polar surface area (TPSA) is 79.5 Å². The molecule has 0 fully saturated rings. The standard InChI is InChI=1S/C25H39N5O/c1-2-3-4-5-6-7-8-9-10-11-12-13-14-15-16-31-23-18-21-17-22(19-23)29-25-27-20-26-24(28-21)30-25/h17-20H,2-16H2,1H3,(H2,26,27,28,29,30). The summed E-state index contributed by atoms with van der Waals surface area (Å²) in [6.07, 6.45) is 20.6. The van der Waals surface area contributed by atoms with Crippen molar-refractivity contribution < 1.29 is 4.74 Å². The minimum atomic E-state index is 0.535. The molecule has 4 bridgehead atoms. The van der Waals surface area contributed by atoms with E-state index in [4.69, 9.17) is 4.74 Å². The van der Waals surface area contributed by atoms with Crippen molar-refractivity contribution >= 4 is 22.6 Å². The Bertz CT molecular complexity index is 852. The molecular formula is C25H39N5O. The first-order valence-electron chi connectivity index (χ1n) is 12.3. The van der Waals surface area contributed by atoms with E-state index >= 15 is 0 Å². The van der Waals surface area contributed by atoms with Gasteiger partial charge in [-0.15, -0.1) is 0 Å². The quantitative estimate of drug-likeness (QED) is 0.237. The van der Waals surface area contributed by atoms with Crippen LogP contribution in [0.1, 0.15) is 96.8 Å². The van der Waals surface area contributed by atoms with Gasteiger partial charge in [0.15, 0.2) is 0 Å². The van der Waals surface area contributed by atoms with Crippen LogP contribution in [0.5, 0.6) is 5.75 Å². The molecule has 2 heterocycles. The molecule has 0 saturated carbocycles. The molecule has 0 aliphatic heterocycles. The number of hydrogen-bond acceptors (Lipinski definition) is 4. The number of nitrogens with one attached hydrogen (secondary N) is 2. The zero-order chi connectivity index (χ0) is 21.6. The van der Waals surface area contributed by atoms with Crippen molar-refractivity contribution in [1.82, 2.24) is 24.9 Å². The predicted octanol–water partition coefficient (Wildman–Crippen LogP) is 7.26. The number of H-pyrrole nitrogens is 2. The summed E-state index contributed by atoms with van der Waals surface area (Å²) >= 11 is 0. The fourth-order valence-electron chi connectivity index (χ4n) is 3.99. The second-order valence-corrected chi connectivity index (χ2v) is 8.57. The lowest BCUT2D eigenvalue weighted by Crippen LogP contribution is -1.98. The minimum absolute atomic E-state index is 0.535. The molecule has 2 N–H and O–H groups in total. The molecule has 0 aliphatic rings. The maximum Gasteiger partial charge on any atom is 0.232 e. The fraction of sp³-hybridized carbons (Fsp3) is 0.640. The van der Waals surface area contributed by atoms with Crippen LogP contribution in [-0.4, -0.2) is 31.5 Å². The lowest BCUT2D eigenvalue weighted by molar-refractivity contribution is 0.305. The summed E-state index contributed by atoms with van der Waals surface area (Å²) in [6.45, 7) is 3.03. The summed E-state index contributed by atoms with van der Waals surface area (Å²) < 4.78 is 5.99. The Labute approximate surface area is 186 Å². The average molecular weight is 426 g/mol. The molecule has 0 aliphatic carbocycles. The van der Waals surface area contributed by atoms with E-state index in [9.17, 15) is 0 Å². The predicted molar refractivity (Wildman–Crippen MR) is 128 cm³/mol. The molecule has 0 saturated heterocycles. The Morgan fingerprint density at radius 3 is 1.65 bits per heavy atom. The second-order valence-electron chi connectivity index (χ2n) is 8.57. The van der Waals surface area contributed by atoms with Crippen LogP contribution in [0.15, 0.2) is 24.5 Å². The maximum atomic E-state index is 5.99. The van der Waals surface area contributed by atoms with Gasteiger partial charge in [0.2, 0.25) is 11.6 Å². The van der Waals surface area contributed by atoms with E-state index in [2.05, 4.69) is 31.8 Å². The van der Waals surface area contributed by atoms with Crippen molar-refractivity contribution in [3.8, 4) is 5.75 Å². The maximum absolute atomic E-state index is 5.99. The molecular weight excluding hydrogens is 386 g/mol. The highest BCUT2D eigenvalue weighted by atomic mass is 16.5. The lowest BCUT2D eigenvalue weighted by atomic mass is 10.0. The van der Waals surface area contributed by atoms with Crippen molar-refractivity contribution in [2.75, 3.05) is 6.61 Å². The second kappa shape index (κ2) is 13.8. The normalized spacial score (nSPS) is 11.4. The molecule has 0 atom stereocenters. The van der Waals surface area contributed by atoms with Gasteiger partial charge in [-0.3, -0.25) is 0 Å². The van der Waals surface area contributed by atoms with Gasteiger partial charge in [0.25, 0.3) is 0 Å². The Hall–Kier alpha value is -2.37. The van der Waals surface area contributed by atoms with E-state index in [1.165, 1.54) is 89.8 Å². The SMILES string of the molecule is CCCCCCCCCCCCCCCCOc1cc2cc(c1)[nH]c1ncnc(n1)[nH]2. The molecule has 6 nitrogen and oxygen atoms in total. The summed E-state index contributed by atoms with van der Waals surface area (Å²) in [7, 11) is 0. The van der Waals surface area contributed by atoms with E-state index in [1.54, 1.807) is 0 Å². The first-order chi connectivity index (χ1) is 15.3. The van der Waals surface area contributed by atoms with Crippen LogP contribution in [-0.2, 0) is 0 Å². The van der Waals surface area contributed by atoms with Crippen molar-refractivity contribution in [3.05, 3.63) is 24.5 Å². The highest BCUT2D eigenvalue weighted by Gasteiger charge is 2.00. The van der Waals surface area contributed by atoms with Crippen LogP contribution in [0.2, 0.25) is 0 Å². The van der Waals surface area contributed by atoms with Crippen LogP contribution in [0.4, 0.5) is 0 Å². The van der Waals surface area contributed by atoms with Gasteiger partial charge in [0.1, 0.15) is 12.1 Å². The molecule has 0 spiro atoms. The molecule has 6 heteroatoms. The Morgan fingerprint density at radius 2 is 1.13 bits per heavy atom. The molecule has 3 rings (SSSR count). The molecule has 2 aromatic heterocycles. The van der Waals surface area contributed by atoms with Crippen molar-refractivity contribution in [2.24, 2.45) is 0 Å². The van der Waals surface area contributed by atoms with Crippen molar-refractivity contribution in [3.63, 3.8) is 0 Å². The van der Waals surface area contributed by atoms with Crippen LogP contribution in [0.3, 0.4) is 0 Å². The summed E-state index contributed by atoms with van der Waals surface area (Å²) in [5.74, 6) is 1.92. The van der Waals surface area contributed by atoms with E-state index in [1.807, 2.05) is 18.2 Å². The number of unbranched alkanes of at least 4 members (excludes halogenated alkanes) is 13. The summed E-state index contributed by atoms with van der Waals surface area (Å²) in [5.41, 5.74) is 1.83. The molecule has 0 unspecified atom stereocenters. The largest absolute Gasteiger partial charge is 0.493 e. The number of aromatic amines is 2. The highest BCUT2D eigenvalue weighted by molar-refractivity contribution is 5.66. The fourth-order valence-corrected chi connectivity index (χ4v) is 3.99. The van der Waals surface area contributed by atoms with Gasteiger partial charge in [-0.25, -0.2) is 9.97 Å². The first kappa shape index (κ1) is 23.3. The lowest BCUT2D eigenvalue weighted by Gasteiger charge is -2.08. The highest BCUT2D eigenvalue weighted by Crippen LogP contribution is 2.18. The number of aromatic nitrogens is 5. The van der Waals surface area contributed by atoms with E-state index in [0.717, 1.165) is 29.8 Å². The van der Waals surface area contributed by atoms with Gasteiger partial charge in [-0.1, -0.05) is 90.4 Å². The van der Waals surface area contributed by atoms with Crippen LogP contribution < -0.4 is 4.74 Å². The number of benzene rings is 1. The van der Waals surface area contributed by atoms with E-state index in [-0.39, 0.29) is 0 Å². The monoisotopic (exact) mass is 425 g/mol. The van der Waals surface area contributed by atoms with Gasteiger partial charge in [-0.2, -0.15) is 4.98 Å². The molecule has 1 aromatic carbocycles. The van der Waals surface area contributed by atoms with E-state index < -0.39 is 0 Å². The number of nitrogens with zero attached hydrogens (tertiary/aromatic N) is 3. The number of rotatable bonds is 16. The third kappa shape index (κ3) is 9.11. The number of fused-ring (bicyclic) bond motifs is 4. The number of hydrogen-bond donors (Lipinski definition) is 2. The Balaban J connectivity index is 1.24. The van der Waals surface area contributed by atoms with Crippen LogP contribution >= 0.6 is 0 Å². The number of ether oxygens (including phenoxy) is 1. The molecule has 31 heavy (non-hydrogen) atoms. The Morgan fingerprint density at radius 1 is 0.645 bits per heavy atom. The van der Waals surface area contributed by atoms with Crippen LogP contribution in [0, 0.1) is 0 Å². The van der Waals surface area contributed by atoms with Gasteiger partial charge in [0, 0.05) is 23.2 Å². The molecule has 3 aromatic rings. The molecule has 0 amide bonds. The summed E-state index contributed by atoms with van der Waals surface area (Å²) in [4.78, 5) is 18.9. The zero-order valence-electron chi connectivity index (χ0n) is 19.2. The van der Waals surface area contributed by atoms with Crippen molar-refractivity contribution in [1.29, 1.82) is 0 Å². The van der Waals surface area contributed by atoms with Gasteiger partial charge in [-0.05, 0) is 12.5 Å². The average Bonchev–Trinajstić information content (AvgIpc) is 2.76. The minimum Gasteiger partial charge on any atom is -0.493 e. The first-order valence-corrected chi connectivity index (χ1v) is 12.3. The molecule has 0 radical (unpaired) electrons. The van der Waals surface area contributed by atoms with Crippen molar-refractivity contribution in [2.45, 2.75) is 96.8 Å². The van der Waals surface area contributed by atoms with Crippen LogP contribution in [0.25, 0.3) is 22.6 Å². The summed E-state index contributed by atoms with van der Waals surface area (Å²) in [5, 5.41) is 0. The third-order valence-corrected chi connectivity index (χ3v) is 5.76. The zero-order valence-corrected chi connectivity index (χ0v) is 19.2.